The first-order chi connectivity index (χ1) is 14.4. The lowest BCUT2D eigenvalue weighted by molar-refractivity contribution is 1.10. The minimum atomic E-state index is 0.655. The Kier molecular flexibility index (Phi) is 3.50. The number of pyridine rings is 3. The van der Waals surface area contributed by atoms with Crippen LogP contribution < -0.4 is 0 Å². The highest BCUT2D eigenvalue weighted by Gasteiger charge is 2.17. The van der Waals surface area contributed by atoms with Crippen molar-refractivity contribution in [2.24, 2.45) is 0 Å². The molecule has 0 fully saturated rings. The molecule has 6 aromatic rings. The van der Waals surface area contributed by atoms with Crippen LogP contribution in [0.25, 0.3) is 55.5 Å². The van der Waals surface area contributed by atoms with Gasteiger partial charge in [-0.05, 0) is 41.8 Å². The molecule has 6 heterocycles. The van der Waals surface area contributed by atoms with Crippen molar-refractivity contribution in [1.82, 2.24) is 35.1 Å². The van der Waals surface area contributed by atoms with Gasteiger partial charge in [-0.2, -0.15) is 5.10 Å². The molecule has 6 rings (SSSR count). The largest absolute Gasteiger partial charge is 0.336 e. The number of fused-ring (bicyclic) bond motifs is 2. The highest BCUT2D eigenvalue weighted by molar-refractivity contribution is 7.13. The Balaban J connectivity index is 1.53. The Labute approximate surface area is 168 Å². The van der Waals surface area contributed by atoms with Crippen LogP contribution in [0.4, 0.5) is 0 Å². The fourth-order valence-corrected chi connectivity index (χ4v) is 4.08. The zero-order valence-corrected chi connectivity index (χ0v) is 15.8. The Bertz CT molecular complexity index is 1450. The standard InChI is InChI=1S/C21H13N7S/c1-2-9-22-12(4-1)13-6-7-15-18(24-13)20(28-27-15)21-25-14-8-10-23-19(17(14)26-21)16-5-3-11-29-16/h1-11H,(H,25,26)(H,27,28). The van der Waals surface area contributed by atoms with Crippen LogP contribution in [0.2, 0.25) is 0 Å². The third-order valence-electron chi connectivity index (χ3n) is 4.71. The number of aromatic nitrogens is 7. The van der Waals surface area contributed by atoms with E-state index in [0.29, 0.717) is 11.5 Å². The maximum Gasteiger partial charge on any atom is 0.161 e. The number of nitrogens with one attached hydrogen (secondary N) is 2. The second-order valence-electron chi connectivity index (χ2n) is 6.50. The number of nitrogens with zero attached hydrogens (tertiary/aromatic N) is 5. The predicted octanol–water partition coefficient (Wildman–Crippen LogP) is 4.69. The van der Waals surface area contributed by atoms with Gasteiger partial charge in [0.25, 0.3) is 0 Å². The molecule has 0 aliphatic heterocycles. The molecule has 6 aromatic heterocycles. The molecule has 2 N–H and O–H groups in total. The fourth-order valence-electron chi connectivity index (χ4n) is 3.36. The van der Waals surface area contributed by atoms with E-state index < -0.39 is 0 Å². The number of imidazole rings is 1. The number of H-pyrrole nitrogens is 2. The van der Waals surface area contributed by atoms with E-state index in [-0.39, 0.29) is 0 Å². The van der Waals surface area contributed by atoms with Crippen LogP contribution in [0, 0.1) is 0 Å². The van der Waals surface area contributed by atoms with Gasteiger partial charge in [0.2, 0.25) is 0 Å². The molecule has 0 bridgehead atoms. The van der Waals surface area contributed by atoms with E-state index >= 15 is 0 Å². The van der Waals surface area contributed by atoms with Crippen LogP contribution in [-0.4, -0.2) is 35.1 Å². The molecule has 0 spiro atoms. The molecule has 0 aliphatic rings. The van der Waals surface area contributed by atoms with Gasteiger partial charge in [-0.25, -0.2) is 9.97 Å². The Morgan fingerprint density at radius 1 is 0.724 bits per heavy atom. The zero-order valence-electron chi connectivity index (χ0n) is 15.0. The van der Waals surface area contributed by atoms with Gasteiger partial charge in [0.05, 0.1) is 27.3 Å². The second-order valence-corrected chi connectivity index (χ2v) is 7.45. The average molecular weight is 395 g/mol. The summed E-state index contributed by atoms with van der Waals surface area (Å²) in [7, 11) is 0. The van der Waals surface area contributed by atoms with E-state index in [1.165, 1.54) is 0 Å². The van der Waals surface area contributed by atoms with Crippen LogP contribution in [0.5, 0.6) is 0 Å². The maximum absolute atomic E-state index is 4.81. The van der Waals surface area contributed by atoms with E-state index in [4.69, 9.17) is 9.97 Å². The molecule has 0 saturated carbocycles. The van der Waals surface area contributed by atoms with Crippen molar-refractivity contribution in [3.8, 4) is 33.5 Å². The summed E-state index contributed by atoms with van der Waals surface area (Å²) in [5, 5.41) is 9.55. The SMILES string of the molecule is c1ccc(-c2ccc3[nH]nc(-c4nc5c(-c6cccs6)nccc5[nH]4)c3n2)nc1. The number of hydrogen-bond donors (Lipinski definition) is 2. The monoisotopic (exact) mass is 395 g/mol. The van der Waals surface area contributed by atoms with Crippen molar-refractivity contribution < 1.29 is 0 Å². The summed E-state index contributed by atoms with van der Waals surface area (Å²) in [6.45, 7) is 0. The third-order valence-corrected chi connectivity index (χ3v) is 5.59. The van der Waals surface area contributed by atoms with Crippen LogP contribution in [0.1, 0.15) is 0 Å². The number of thiophene rings is 1. The molecule has 0 amide bonds. The summed E-state index contributed by atoms with van der Waals surface area (Å²) in [5.74, 6) is 0.655. The lowest BCUT2D eigenvalue weighted by Gasteiger charge is -2.00. The van der Waals surface area contributed by atoms with E-state index in [2.05, 4.69) is 25.1 Å². The molecular weight excluding hydrogens is 382 g/mol. The van der Waals surface area contributed by atoms with E-state index in [1.807, 2.05) is 53.9 Å². The molecule has 0 aromatic carbocycles. The van der Waals surface area contributed by atoms with Crippen molar-refractivity contribution in [3.05, 3.63) is 66.3 Å². The first-order valence-corrected chi connectivity index (χ1v) is 9.90. The van der Waals surface area contributed by atoms with Crippen LogP contribution in [0.3, 0.4) is 0 Å². The zero-order chi connectivity index (χ0) is 19.2. The van der Waals surface area contributed by atoms with Crippen molar-refractivity contribution >= 4 is 33.4 Å². The number of rotatable bonds is 3. The lowest BCUT2D eigenvalue weighted by Crippen LogP contribution is -1.88. The summed E-state index contributed by atoms with van der Waals surface area (Å²) < 4.78 is 0. The highest BCUT2D eigenvalue weighted by atomic mass is 32.1. The smallest absolute Gasteiger partial charge is 0.161 e. The molecule has 7 nitrogen and oxygen atoms in total. The van der Waals surface area contributed by atoms with Gasteiger partial charge in [-0.1, -0.05) is 12.1 Å². The van der Waals surface area contributed by atoms with E-state index in [1.54, 1.807) is 23.7 Å². The summed E-state index contributed by atoms with van der Waals surface area (Å²) in [5.41, 5.74) is 6.47. The van der Waals surface area contributed by atoms with Crippen molar-refractivity contribution in [3.63, 3.8) is 0 Å². The predicted molar refractivity (Wildman–Crippen MR) is 113 cm³/mol. The Morgan fingerprint density at radius 2 is 1.69 bits per heavy atom. The Morgan fingerprint density at radius 3 is 2.55 bits per heavy atom. The molecule has 8 heteroatoms. The molecule has 0 unspecified atom stereocenters. The normalized spacial score (nSPS) is 11.4. The van der Waals surface area contributed by atoms with Gasteiger partial charge in [-0.15, -0.1) is 11.3 Å². The van der Waals surface area contributed by atoms with Crippen molar-refractivity contribution in [2.75, 3.05) is 0 Å². The van der Waals surface area contributed by atoms with Gasteiger partial charge < -0.3 is 4.98 Å². The van der Waals surface area contributed by atoms with Gasteiger partial charge in [0, 0.05) is 12.4 Å². The fraction of sp³-hybridized carbons (Fsp3) is 0. The molecule has 138 valence electrons. The quantitative estimate of drug-likeness (QED) is 0.453. The lowest BCUT2D eigenvalue weighted by atomic mass is 10.2. The summed E-state index contributed by atoms with van der Waals surface area (Å²) in [6, 6.07) is 15.7. The third kappa shape index (κ3) is 2.61. The Hall–Kier alpha value is -3.91. The first kappa shape index (κ1) is 16.1. The summed E-state index contributed by atoms with van der Waals surface area (Å²) in [6.07, 6.45) is 3.55. The van der Waals surface area contributed by atoms with Crippen LogP contribution >= 0.6 is 11.3 Å². The van der Waals surface area contributed by atoms with Crippen LogP contribution in [0.15, 0.2) is 66.3 Å². The first-order valence-electron chi connectivity index (χ1n) is 9.02. The molecule has 29 heavy (non-hydrogen) atoms. The van der Waals surface area contributed by atoms with E-state index in [9.17, 15) is 0 Å². The van der Waals surface area contributed by atoms with E-state index in [0.717, 1.165) is 44.0 Å². The summed E-state index contributed by atoms with van der Waals surface area (Å²) >= 11 is 1.64. The topological polar surface area (TPSA) is 96.0 Å². The van der Waals surface area contributed by atoms with Gasteiger partial charge in [-0.3, -0.25) is 15.1 Å². The number of aromatic amines is 2. The highest BCUT2D eigenvalue weighted by Crippen LogP contribution is 2.32. The molecule has 0 atom stereocenters. The van der Waals surface area contributed by atoms with Gasteiger partial charge in [0.15, 0.2) is 11.5 Å². The minimum absolute atomic E-state index is 0.655. The second kappa shape index (κ2) is 6.32. The minimum Gasteiger partial charge on any atom is -0.336 e. The van der Waals surface area contributed by atoms with Gasteiger partial charge >= 0.3 is 0 Å². The molecule has 0 radical (unpaired) electrons. The maximum atomic E-state index is 4.81. The number of hydrogen-bond acceptors (Lipinski definition) is 6. The molecule has 0 aliphatic carbocycles. The average Bonchev–Trinajstić information content (AvgIpc) is 3.52. The van der Waals surface area contributed by atoms with Gasteiger partial charge in [0.1, 0.15) is 16.7 Å². The van der Waals surface area contributed by atoms with Crippen molar-refractivity contribution in [2.45, 2.75) is 0 Å². The molecule has 0 saturated heterocycles. The summed E-state index contributed by atoms with van der Waals surface area (Å²) in [4.78, 5) is 23.0. The van der Waals surface area contributed by atoms with Crippen molar-refractivity contribution in [1.29, 1.82) is 0 Å². The van der Waals surface area contributed by atoms with Crippen LogP contribution in [-0.2, 0) is 0 Å². The molecular formula is C21H13N7S.